The van der Waals surface area contributed by atoms with Gasteiger partial charge in [0, 0.05) is 29.3 Å². The molecular formula is C12H15ClFNO3S. The summed E-state index contributed by atoms with van der Waals surface area (Å²) in [6.45, 7) is 3.79. The number of rotatable bonds is 4. The summed E-state index contributed by atoms with van der Waals surface area (Å²) in [5, 5.41) is 0. The van der Waals surface area contributed by atoms with E-state index >= 15 is 0 Å². The molecule has 106 valence electrons. The van der Waals surface area contributed by atoms with Gasteiger partial charge in [0.2, 0.25) is 0 Å². The Hall–Kier alpha value is -1.14. The molecule has 1 atom stereocenters. The van der Waals surface area contributed by atoms with Crippen molar-refractivity contribution in [1.82, 2.24) is 4.90 Å². The van der Waals surface area contributed by atoms with E-state index in [9.17, 15) is 17.6 Å². The minimum Gasteiger partial charge on any atom is -0.339 e. The van der Waals surface area contributed by atoms with Crippen LogP contribution in [0.1, 0.15) is 30.6 Å². The molecule has 0 spiro atoms. The number of nitrogens with zero attached hydrogens (tertiary/aromatic N) is 1. The molecule has 0 aromatic heterocycles. The molecule has 19 heavy (non-hydrogen) atoms. The van der Waals surface area contributed by atoms with Gasteiger partial charge in [-0.15, -0.1) is 0 Å². The molecule has 0 aliphatic heterocycles. The summed E-state index contributed by atoms with van der Waals surface area (Å²) in [6, 6.07) is 3.11. The van der Waals surface area contributed by atoms with Gasteiger partial charge in [-0.05, 0) is 31.5 Å². The first-order valence-electron chi connectivity index (χ1n) is 5.69. The minimum atomic E-state index is -4.21. The Morgan fingerprint density at radius 1 is 1.47 bits per heavy atom. The predicted molar refractivity (Wildman–Crippen MR) is 71.3 cm³/mol. The lowest BCUT2D eigenvalue weighted by atomic mass is 10.1. The van der Waals surface area contributed by atoms with Crippen LogP contribution in [-0.4, -0.2) is 32.3 Å². The number of amides is 1. The summed E-state index contributed by atoms with van der Waals surface area (Å²) < 4.78 is 35.7. The van der Waals surface area contributed by atoms with E-state index in [-0.39, 0.29) is 17.5 Å². The molecule has 0 saturated carbocycles. The summed E-state index contributed by atoms with van der Waals surface area (Å²) >= 11 is 0. The Balaban J connectivity index is 3.20. The average Bonchev–Trinajstić information content (AvgIpc) is 2.35. The van der Waals surface area contributed by atoms with Crippen LogP contribution in [0.15, 0.2) is 23.1 Å². The van der Waals surface area contributed by atoms with Crippen LogP contribution in [-0.2, 0) is 9.05 Å². The number of carbonyl (C=O) groups excluding carboxylic acids is 1. The van der Waals surface area contributed by atoms with E-state index in [0.29, 0.717) is 0 Å². The highest BCUT2D eigenvalue weighted by molar-refractivity contribution is 8.13. The maximum atomic E-state index is 13.4. The molecular weight excluding hydrogens is 293 g/mol. The van der Waals surface area contributed by atoms with Crippen molar-refractivity contribution in [2.45, 2.75) is 31.2 Å². The summed E-state index contributed by atoms with van der Waals surface area (Å²) in [7, 11) is 2.51. The number of benzene rings is 1. The molecule has 1 amide bonds. The Morgan fingerprint density at radius 2 is 2.05 bits per heavy atom. The van der Waals surface area contributed by atoms with Crippen LogP contribution in [0.25, 0.3) is 0 Å². The minimum absolute atomic E-state index is 0.00592. The molecule has 0 radical (unpaired) electrons. The molecule has 0 fully saturated rings. The predicted octanol–water partition coefficient (Wildman–Crippen LogP) is 2.62. The first-order valence-corrected chi connectivity index (χ1v) is 8.00. The Morgan fingerprint density at radius 3 is 2.53 bits per heavy atom. The van der Waals surface area contributed by atoms with Crippen LogP contribution in [0.4, 0.5) is 4.39 Å². The van der Waals surface area contributed by atoms with Gasteiger partial charge in [0.15, 0.2) is 0 Å². The molecule has 1 rings (SSSR count). The summed E-state index contributed by atoms with van der Waals surface area (Å²) in [5.74, 6) is -1.35. The first-order chi connectivity index (χ1) is 8.68. The van der Waals surface area contributed by atoms with E-state index in [1.165, 1.54) is 11.0 Å². The van der Waals surface area contributed by atoms with E-state index < -0.39 is 19.8 Å². The first kappa shape index (κ1) is 15.9. The van der Waals surface area contributed by atoms with Gasteiger partial charge in [0.05, 0.1) is 0 Å². The van der Waals surface area contributed by atoms with Crippen molar-refractivity contribution >= 4 is 25.6 Å². The molecule has 0 bridgehead atoms. The third-order valence-corrected chi connectivity index (χ3v) is 4.35. The van der Waals surface area contributed by atoms with E-state index in [1.807, 2.05) is 13.8 Å². The second-order valence-corrected chi connectivity index (χ2v) is 6.79. The summed E-state index contributed by atoms with van der Waals surface area (Å²) in [6.07, 6.45) is 0.754. The van der Waals surface area contributed by atoms with Crippen molar-refractivity contribution < 1.29 is 17.6 Å². The standard InChI is InChI=1S/C12H15ClFNO3S/c1-4-8(2)15(3)12(16)9-5-6-10(14)11(7-9)19(13,17)18/h5-8H,4H2,1-3H3. The van der Waals surface area contributed by atoms with Crippen molar-refractivity contribution in [2.24, 2.45) is 0 Å². The van der Waals surface area contributed by atoms with Gasteiger partial charge in [-0.2, -0.15) is 0 Å². The van der Waals surface area contributed by atoms with Crippen molar-refractivity contribution in [2.75, 3.05) is 7.05 Å². The van der Waals surface area contributed by atoms with Gasteiger partial charge < -0.3 is 4.90 Å². The van der Waals surface area contributed by atoms with Crippen LogP contribution in [0.5, 0.6) is 0 Å². The van der Waals surface area contributed by atoms with E-state index in [1.54, 1.807) is 7.05 Å². The van der Waals surface area contributed by atoms with Gasteiger partial charge in [-0.25, -0.2) is 12.8 Å². The molecule has 0 aliphatic carbocycles. The fourth-order valence-corrected chi connectivity index (χ4v) is 2.42. The number of hydrogen-bond acceptors (Lipinski definition) is 3. The molecule has 4 nitrogen and oxygen atoms in total. The molecule has 1 unspecified atom stereocenters. The molecule has 0 saturated heterocycles. The fourth-order valence-electron chi connectivity index (χ4n) is 1.50. The zero-order valence-corrected chi connectivity index (χ0v) is 12.4. The molecule has 0 aliphatic rings. The number of carbonyl (C=O) groups is 1. The maximum absolute atomic E-state index is 13.4. The number of halogens is 2. The van der Waals surface area contributed by atoms with Gasteiger partial charge in [0.25, 0.3) is 15.0 Å². The van der Waals surface area contributed by atoms with Crippen LogP contribution < -0.4 is 0 Å². The third-order valence-electron chi connectivity index (χ3n) is 3.01. The molecule has 1 aromatic rings. The smallest absolute Gasteiger partial charge is 0.264 e. The third kappa shape index (κ3) is 3.67. The fraction of sp³-hybridized carbons (Fsp3) is 0.417. The topological polar surface area (TPSA) is 54.5 Å². The average molecular weight is 308 g/mol. The van der Waals surface area contributed by atoms with Crippen LogP contribution in [0.2, 0.25) is 0 Å². The summed E-state index contributed by atoms with van der Waals surface area (Å²) in [4.78, 5) is 12.9. The van der Waals surface area contributed by atoms with Crippen molar-refractivity contribution in [1.29, 1.82) is 0 Å². The Labute approximate surface area is 116 Å². The highest BCUT2D eigenvalue weighted by Gasteiger charge is 2.21. The quantitative estimate of drug-likeness (QED) is 0.804. The maximum Gasteiger partial charge on any atom is 0.264 e. The zero-order chi connectivity index (χ0) is 14.8. The lowest BCUT2D eigenvalue weighted by Gasteiger charge is -2.24. The number of hydrogen-bond donors (Lipinski definition) is 0. The summed E-state index contributed by atoms with van der Waals surface area (Å²) in [5.41, 5.74) is 0.0865. The second-order valence-electron chi connectivity index (χ2n) is 4.26. The van der Waals surface area contributed by atoms with E-state index in [2.05, 4.69) is 0 Å². The second kappa shape index (κ2) is 5.88. The van der Waals surface area contributed by atoms with Gasteiger partial charge in [-0.3, -0.25) is 4.79 Å². The lowest BCUT2D eigenvalue weighted by Crippen LogP contribution is -2.34. The van der Waals surface area contributed by atoms with Crippen LogP contribution in [0.3, 0.4) is 0 Å². The SMILES string of the molecule is CCC(C)N(C)C(=O)c1ccc(F)c(S(=O)(=O)Cl)c1. The largest absolute Gasteiger partial charge is 0.339 e. The van der Waals surface area contributed by atoms with Gasteiger partial charge in [0.1, 0.15) is 10.7 Å². The molecule has 0 N–H and O–H groups in total. The highest BCUT2D eigenvalue weighted by atomic mass is 35.7. The van der Waals surface area contributed by atoms with Crippen molar-refractivity contribution in [3.05, 3.63) is 29.6 Å². The van der Waals surface area contributed by atoms with Crippen LogP contribution in [0, 0.1) is 5.82 Å². The van der Waals surface area contributed by atoms with Crippen LogP contribution >= 0.6 is 10.7 Å². The lowest BCUT2D eigenvalue weighted by molar-refractivity contribution is 0.0740. The molecule has 0 heterocycles. The monoisotopic (exact) mass is 307 g/mol. The Bertz CT molecular complexity index is 589. The molecule has 7 heteroatoms. The van der Waals surface area contributed by atoms with E-state index in [4.69, 9.17) is 10.7 Å². The van der Waals surface area contributed by atoms with Gasteiger partial charge in [-0.1, -0.05) is 6.92 Å². The van der Waals surface area contributed by atoms with Gasteiger partial charge >= 0.3 is 0 Å². The van der Waals surface area contributed by atoms with Crippen molar-refractivity contribution in [3.63, 3.8) is 0 Å². The zero-order valence-electron chi connectivity index (χ0n) is 10.9. The van der Waals surface area contributed by atoms with E-state index in [0.717, 1.165) is 18.6 Å². The normalized spacial score (nSPS) is 13.1. The van der Waals surface area contributed by atoms with Crippen molar-refractivity contribution in [3.8, 4) is 0 Å². The Kier molecular flexibility index (Phi) is 4.92. The molecule has 1 aromatic carbocycles. The highest BCUT2D eigenvalue weighted by Crippen LogP contribution is 2.21.